The molecule has 0 radical (unpaired) electrons. The number of halogens is 2. The van der Waals surface area contributed by atoms with Crippen molar-refractivity contribution in [3.8, 4) is 0 Å². The summed E-state index contributed by atoms with van der Waals surface area (Å²) in [6.45, 7) is 1.50. The lowest BCUT2D eigenvalue weighted by atomic mass is 9.97. The summed E-state index contributed by atoms with van der Waals surface area (Å²) in [5.74, 6) is -1.03. The summed E-state index contributed by atoms with van der Waals surface area (Å²) in [4.78, 5) is 21.6. The van der Waals surface area contributed by atoms with Crippen LogP contribution in [0.4, 0.5) is 0 Å². The smallest absolute Gasteiger partial charge is 0.328 e. The molecule has 0 amide bonds. The fourth-order valence-corrected chi connectivity index (χ4v) is 2.62. The van der Waals surface area contributed by atoms with Crippen LogP contribution < -0.4 is 0 Å². The first-order chi connectivity index (χ1) is 8.47. The van der Waals surface area contributed by atoms with Crippen LogP contribution in [0, 0.1) is 0 Å². The van der Waals surface area contributed by atoms with Gasteiger partial charge in [0, 0.05) is 11.4 Å². The molecule has 0 aliphatic carbocycles. The van der Waals surface area contributed by atoms with E-state index >= 15 is 0 Å². The molecule has 1 aromatic carbocycles. The second-order valence-corrected chi connectivity index (χ2v) is 5.17. The monoisotopic (exact) mass is 374 g/mol. The van der Waals surface area contributed by atoms with Gasteiger partial charge in [0.2, 0.25) is 0 Å². The fourth-order valence-electron chi connectivity index (χ4n) is 1.57. The van der Waals surface area contributed by atoms with Crippen LogP contribution in [-0.2, 0) is 14.9 Å². The first-order valence-corrected chi connectivity index (χ1v) is 7.24. The van der Waals surface area contributed by atoms with E-state index in [4.69, 9.17) is 5.11 Å². The molecule has 0 aliphatic rings. The lowest BCUT2D eigenvalue weighted by Crippen LogP contribution is -2.06. The zero-order chi connectivity index (χ0) is 13.7. The predicted octanol–water partition coefficient (Wildman–Crippen LogP) is 3.70. The van der Waals surface area contributed by atoms with Gasteiger partial charge in [-0.3, -0.25) is 4.79 Å². The Morgan fingerprint density at radius 1 is 1.44 bits per heavy atom. The van der Waals surface area contributed by atoms with Crippen molar-refractivity contribution in [3.05, 3.63) is 41.0 Å². The Morgan fingerprint density at radius 2 is 2.11 bits per heavy atom. The average Bonchev–Trinajstić information content (AvgIpc) is 2.34. The molecule has 0 spiro atoms. The zero-order valence-electron chi connectivity index (χ0n) is 9.69. The molecule has 0 fully saturated rings. The number of carbonyl (C=O) groups excluding carboxylic acids is 1. The number of carboxylic acids is 1. The fraction of sp³-hybridized carbons (Fsp3) is 0.231. The first-order valence-electron chi connectivity index (χ1n) is 5.20. The van der Waals surface area contributed by atoms with Gasteiger partial charge >= 0.3 is 5.97 Å². The third-order valence-corrected chi connectivity index (χ3v) is 4.10. The van der Waals surface area contributed by atoms with Crippen LogP contribution in [0.25, 0.3) is 6.08 Å². The van der Waals surface area contributed by atoms with Gasteiger partial charge in [-0.2, -0.15) is 0 Å². The van der Waals surface area contributed by atoms with Gasteiger partial charge in [-0.25, -0.2) is 4.79 Å². The molecular weight excluding hydrogens is 364 g/mol. The predicted molar refractivity (Wildman–Crippen MR) is 78.1 cm³/mol. The van der Waals surface area contributed by atoms with Crippen molar-refractivity contribution in [2.75, 3.05) is 0 Å². The summed E-state index contributed by atoms with van der Waals surface area (Å²) in [5, 5.41) is 9.27. The number of ketones is 1. The van der Waals surface area contributed by atoms with Crippen molar-refractivity contribution in [3.63, 3.8) is 0 Å². The molecule has 1 atom stereocenters. The summed E-state index contributed by atoms with van der Waals surface area (Å²) in [7, 11) is 0. The Morgan fingerprint density at radius 3 is 2.61 bits per heavy atom. The van der Waals surface area contributed by atoms with E-state index < -0.39 is 10.8 Å². The van der Waals surface area contributed by atoms with Crippen molar-refractivity contribution >= 4 is 49.7 Å². The standard InChI is InChI=1S/C13H12Br2O3/c1-8(16)13(15)12-9(5-6-11(17)18)3-2-4-10(12)7-14/h2-6,13H,7H2,1H3,(H,17,18). The van der Waals surface area contributed by atoms with E-state index in [0.29, 0.717) is 5.33 Å². The molecule has 1 N–H and O–H groups in total. The Balaban J connectivity index is 3.33. The van der Waals surface area contributed by atoms with Crippen molar-refractivity contribution in [2.45, 2.75) is 17.1 Å². The van der Waals surface area contributed by atoms with Crippen molar-refractivity contribution in [1.82, 2.24) is 0 Å². The Labute approximate surface area is 122 Å². The van der Waals surface area contributed by atoms with Gasteiger partial charge in [0.05, 0.1) is 4.83 Å². The Hall–Kier alpha value is -0.940. The quantitative estimate of drug-likeness (QED) is 0.630. The van der Waals surface area contributed by atoms with Crippen molar-refractivity contribution in [2.24, 2.45) is 0 Å². The van der Waals surface area contributed by atoms with E-state index in [1.807, 2.05) is 12.1 Å². The number of alkyl halides is 2. The summed E-state index contributed by atoms with van der Waals surface area (Å²) in [5.41, 5.74) is 2.49. The number of hydrogen-bond acceptors (Lipinski definition) is 2. The third-order valence-electron chi connectivity index (χ3n) is 2.39. The molecule has 0 aromatic heterocycles. The summed E-state index contributed by atoms with van der Waals surface area (Å²) < 4.78 is 0. The molecule has 96 valence electrons. The van der Waals surface area contributed by atoms with Gasteiger partial charge in [0.1, 0.15) is 5.78 Å². The van der Waals surface area contributed by atoms with Gasteiger partial charge in [-0.1, -0.05) is 50.1 Å². The van der Waals surface area contributed by atoms with E-state index in [-0.39, 0.29) is 5.78 Å². The van der Waals surface area contributed by atoms with Gasteiger partial charge < -0.3 is 5.11 Å². The number of aliphatic carboxylic acids is 1. The highest BCUT2D eigenvalue weighted by Crippen LogP contribution is 2.32. The van der Waals surface area contributed by atoms with Crippen LogP contribution in [-0.4, -0.2) is 16.9 Å². The second-order valence-electron chi connectivity index (χ2n) is 3.70. The number of hydrogen-bond donors (Lipinski definition) is 1. The van der Waals surface area contributed by atoms with Crippen LogP contribution in [0.3, 0.4) is 0 Å². The first kappa shape index (κ1) is 15.1. The highest BCUT2D eigenvalue weighted by Gasteiger charge is 2.18. The average molecular weight is 376 g/mol. The zero-order valence-corrected chi connectivity index (χ0v) is 12.9. The summed E-state index contributed by atoms with van der Waals surface area (Å²) in [6.07, 6.45) is 2.57. The maximum atomic E-state index is 11.5. The normalized spacial score (nSPS) is 12.6. The molecule has 0 bridgehead atoms. The molecule has 1 unspecified atom stereocenters. The molecule has 1 rings (SSSR count). The summed E-state index contributed by atoms with van der Waals surface area (Å²) in [6, 6.07) is 5.53. The van der Waals surface area contributed by atoms with Crippen LogP contribution in [0.1, 0.15) is 28.4 Å². The Kier molecular flexibility index (Phi) is 5.75. The minimum atomic E-state index is -1.01. The van der Waals surface area contributed by atoms with E-state index in [1.165, 1.54) is 13.0 Å². The van der Waals surface area contributed by atoms with Gasteiger partial charge in [-0.05, 0) is 29.7 Å². The van der Waals surface area contributed by atoms with Gasteiger partial charge in [0.15, 0.2) is 0 Å². The maximum absolute atomic E-state index is 11.5. The molecule has 3 nitrogen and oxygen atoms in total. The van der Waals surface area contributed by atoms with Gasteiger partial charge in [-0.15, -0.1) is 0 Å². The SMILES string of the molecule is CC(=O)C(Br)c1c(C=CC(=O)O)cccc1CBr. The number of carbonyl (C=O) groups is 2. The molecule has 0 saturated carbocycles. The molecule has 5 heteroatoms. The second kappa shape index (κ2) is 6.85. The van der Waals surface area contributed by atoms with Crippen molar-refractivity contribution in [1.29, 1.82) is 0 Å². The largest absolute Gasteiger partial charge is 0.478 e. The molecule has 18 heavy (non-hydrogen) atoms. The third kappa shape index (κ3) is 3.78. The maximum Gasteiger partial charge on any atom is 0.328 e. The molecule has 0 saturated heterocycles. The van der Waals surface area contributed by atoms with E-state index in [0.717, 1.165) is 22.8 Å². The van der Waals surface area contributed by atoms with E-state index in [1.54, 1.807) is 6.07 Å². The molecule has 0 aliphatic heterocycles. The molecular formula is C13H12Br2O3. The topological polar surface area (TPSA) is 54.4 Å². The lowest BCUT2D eigenvalue weighted by molar-refractivity contribution is -0.131. The van der Waals surface area contributed by atoms with E-state index in [9.17, 15) is 9.59 Å². The summed E-state index contributed by atoms with van der Waals surface area (Å²) >= 11 is 6.72. The number of rotatable bonds is 5. The van der Waals surface area contributed by atoms with Crippen LogP contribution >= 0.6 is 31.9 Å². The Bertz CT molecular complexity index is 495. The van der Waals surface area contributed by atoms with Crippen LogP contribution in [0.5, 0.6) is 0 Å². The number of benzene rings is 1. The highest BCUT2D eigenvalue weighted by molar-refractivity contribution is 9.09. The number of Topliss-reactive ketones (excluding diaryl/α,β-unsaturated/α-hetero) is 1. The molecule has 1 aromatic rings. The highest BCUT2D eigenvalue weighted by atomic mass is 79.9. The van der Waals surface area contributed by atoms with Crippen LogP contribution in [0.2, 0.25) is 0 Å². The number of carboxylic acid groups (broad SMARTS) is 1. The minimum absolute atomic E-state index is 0.0200. The molecule has 0 heterocycles. The minimum Gasteiger partial charge on any atom is -0.478 e. The van der Waals surface area contributed by atoms with Crippen LogP contribution in [0.15, 0.2) is 24.3 Å². The van der Waals surface area contributed by atoms with E-state index in [2.05, 4.69) is 31.9 Å². The lowest BCUT2D eigenvalue weighted by Gasteiger charge is -2.14. The van der Waals surface area contributed by atoms with Gasteiger partial charge in [0.25, 0.3) is 0 Å². The van der Waals surface area contributed by atoms with Crippen molar-refractivity contribution < 1.29 is 14.7 Å².